The van der Waals surface area contributed by atoms with Crippen LogP contribution in [-0.2, 0) is 22.6 Å². The maximum atomic E-state index is 12.1. The fourth-order valence-electron chi connectivity index (χ4n) is 3.40. The van der Waals surface area contributed by atoms with Crippen molar-refractivity contribution in [2.24, 2.45) is 5.41 Å². The van der Waals surface area contributed by atoms with E-state index in [1.807, 2.05) is 20.8 Å². The van der Waals surface area contributed by atoms with Crippen molar-refractivity contribution in [3.05, 3.63) is 36.4 Å². The van der Waals surface area contributed by atoms with Crippen LogP contribution in [0.5, 0.6) is 0 Å². The van der Waals surface area contributed by atoms with E-state index < -0.39 is 12.2 Å². The quantitative estimate of drug-likeness (QED) is 0.530. The molecule has 9 heteroatoms. The first-order valence-corrected chi connectivity index (χ1v) is 9.57. The van der Waals surface area contributed by atoms with Gasteiger partial charge in [-0.2, -0.15) is 0 Å². The summed E-state index contributed by atoms with van der Waals surface area (Å²) in [6, 6.07) is -0.198. The number of aromatic amines is 2. The summed E-state index contributed by atoms with van der Waals surface area (Å²) < 4.78 is 5.82. The zero-order valence-corrected chi connectivity index (χ0v) is 16.7. The summed E-state index contributed by atoms with van der Waals surface area (Å²) in [5.41, 5.74) is 1.83. The molecule has 0 aromatic carbocycles. The molecule has 0 saturated carbocycles. The lowest BCUT2D eigenvalue weighted by molar-refractivity contribution is -0.123. The van der Waals surface area contributed by atoms with Crippen LogP contribution in [0, 0.1) is 5.41 Å². The van der Waals surface area contributed by atoms with Crippen molar-refractivity contribution < 1.29 is 14.6 Å². The number of carbonyl (C=O) groups excluding carboxylic acids is 1. The number of carbonyl (C=O) groups is 1. The fraction of sp³-hybridized carbons (Fsp3) is 0.632. The minimum Gasteiger partial charge on any atom is -0.389 e. The van der Waals surface area contributed by atoms with Gasteiger partial charge in [0, 0.05) is 49.8 Å². The molecule has 3 rings (SSSR count). The Kier molecular flexibility index (Phi) is 6.48. The second-order valence-corrected chi connectivity index (χ2v) is 8.53. The Bertz CT molecular complexity index is 689. The average molecular weight is 390 g/mol. The number of aliphatic hydroxyl groups excluding tert-OH is 1. The molecule has 0 aliphatic carbocycles. The van der Waals surface area contributed by atoms with Gasteiger partial charge >= 0.3 is 0 Å². The Hall–Kier alpha value is -2.23. The molecule has 1 amide bonds. The largest absolute Gasteiger partial charge is 0.389 e. The summed E-state index contributed by atoms with van der Waals surface area (Å²) in [6.45, 7) is 7.93. The minimum atomic E-state index is -0.708. The monoisotopic (exact) mass is 390 g/mol. The van der Waals surface area contributed by atoms with Crippen LogP contribution < -0.4 is 5.32 Å². The molecular formula is C19H30N6O3. The van der Waals surface area contributed by atoms with Crippen LogP contribution in [-0.4, -0.2) is 67.3 Å². The van der Waals surface area contributed by atoms with Gasteiger partial charge in [0.2, 0.25) is 5.91 Å². The van der Waals surface area contributed by atoms with Crippen molar-refractivity contribution in [2.75, 3.05) is 13.2 Å². The number of aliphatic hydroxyl groups is 1. The van der Waals surface area contributed by atoms with E-state index in [0.29, 0.717) is 32.7 Å². The highest BCUT2D eigenvalue weighted by Crippen LogP contribution is 2.23. The average Bonchev–Trinajstić information content (AvgIpc) is 3.34. The van der Waals surface area contributed by atoms with Crippen LogP contribution in [0.2, 0.25) is 0 Å². The molecule has 4 N–H and O–H groups in total. The molecule has 1 fully saturated rings. The molecule has 9 nitrogen and oxygen atoms in total. The molecule has 3 unspecified atom stereocenters. The van der Waals surface area contributed by atoms with Crippen molar-refractivity contribution in [1.29, 1.82) is 0 Å². The number of imidazole rings is 2. The van der Waals surface area contributed by atoms with Gasteiger partial charge in [0.15, 0.2) is 0 Å². The Morgan fingerprint density at radius 2 is 1.86 bits per heavy atom. The van der Waals surface area contributed by atoms with E-state index in [9.17, 15) is 9.90 Å². The van der Waals surface area contributed by atoms with Crippen molar-refractivity contribution in [3.8, 4) is 0 Å². The second-order valence-electron chi connectivity index (χ2n) is 8.53. The highest BCUT2D eigenvalue weighted by molar-refractivity contribution is 5.76. The molecule has 0 radical (unpaired) electrons. The van der Waals surface area contributed by atoms with Crippen molar-refractivity contribution in [2.45, 2.75) is 58.5 Å². The van der Waals surface area contributed by atoms with Gasteiger partial charge in [-0.1, -0.05) is 20.8 Å². The van der Waals surface area contributed by atoms with Gasteiger partial charge in [-0.15, -0.1) is 0 Å². The van der Waals surface area contributed by atoms with Gasteiger partial charge in [-0.25, -0.2) is 9.97 Å². The molecular weight excluding hydrogens is 360 g/mol. The third kappa shape index (κ3) is 5.63. The predicted molar refractivity (Wildman–Crippen MR) is 103 cm³/mol. The molecule has 3 atom stereocenters. The van der Waals surface area contributed by atoms with E-state index in [-0.39, 0.29) is 17.4 Å². The minimum absolute atomic E-state index is 0.0291. The van der Waals surface area contributed by atoms with E-state index in [0.717, 1.165) is 11.4 Å². The molecule has 0 spiro atoms. The molecule has 2 aromatic heterocycles. The normalized spacial score (nSPS) is 22.7. The first-order chi connectivity index (χ1) is 13.3. The maximum absolute atomic E-state index is 12.1. The fourth-order valence-corrected chi connectivity index (χ4v) is 3.40. The van der Waals surface area contributed by atoms with Crippen molar-refractivity contribution in [1.82, 2.24) is 30.2 Å². The summed E-state index contributed by atoms with van der Waals surface area (Å²) in [4.78, 5) is 28.5. The third-order valence-corrected chi connectivity index (χ3v) is 4.77. The number of aromatic nitrogens is 4. The van der Waals surface area contributed by atoms with E-state index in [2.05, 4.69) is 30.2 Å². The Labute approximate surface area is 164 Å². The summed E-state index contributed by atoms with van der Waals surface area (Å²) in [7, 11) is 0. The molecule has 154 valence electrons. The van der Waals surface area contributed by atoms with Gasteiger partial charge in [-0.3, -0.25) is 9.69 Å². The van der Waals surface area contributed by atoms with Gasteiger partial charge in [-0.05, 0) is 5.41 Å². The number of nitrogens with zero attached hydrogens (tertiary/aromatic N) is 3. The maximum Gasteiger partial charge on any atom is 0.220 e. The summed E-state index contributed by atoms with van der Waals surface area (Å²) in [5.74, 6) is -0.0291. The first-order valence-electron chi connectivity index (χ1n) is 9.57. The highest BCUT2D eigenvalue weighted by atomic mass is 16.5. The van der Waals surface area contributed by atoms with E-state index in [4.69, 9.17) is 4.74 Å². The molecule has 3 heterocycles. The number of ether oxygens (including phenoxy) is 1. The summed E-state index contributed by atoms with van der Waals surface area (Å²) in [6.07, 6.45) is 6.11. The predicted octanol–water partition coefficient (Wildman–Crippen LogP) is 0.816. The first kappa shape index (κ1) is 20.5. The zero-order chi connectivity index (χ0) is 20.1. The number of hydrogen-bond donors (Lipinski definition) is 4. The van der Waals surface area contributed by atoms with Crippen LogP contribution in [0.4, 0.5) is 0 Å². The summed E-state index contributed by atoms with van der Waals surface area (Å²) in [5, 5.41) is 13.7. The topological polar surface area (TPSA) is 119 Å². The molecule has 0 bridgehead atoms. The Morgan fingerprint density at radius 1 is 1.25 bits per heavy atom. The van der Waals surface area contributed by atoms with Gasteiger partial charge < -0.3 is 25.1 Å². The number of H-pyrrole nitrogens is 2. The standard InChI is InChI=1S/C19H30N6O3/c1-19(2,3)4-17(26)22-7-16-18(27)15(10-28-16)25(8-13-5-20-11-23-13)9-14-6-21-12-24-14/h5-6,11-12,15-16,18,27H,4,7-10H2,1-3H3,(H,20,23)(H,21,24)(H,22,26). The smallest absolute Gasteiger partial charge is 0.220 e. The number of amides is 1. The molecule has 1 aliphatic rings. The number of rotatable bonds is 8. The van der Waals surface area contributed by atoms with Crippen molar-refractivity contribution >= 4 is 5.91 Å². The van der Waals surface area contributed by atoms with Crippen LogP contribution in [0.3, 0.4) is 0 Å². The Balaban J connectivity index is 1.60. The molecule has 1 saturated heterocycles. The van der Waals surface area contributed by atoms with Crippen LogP contribution in [0.15, 0.2) is 25.0 Å². The van der Waals surface area contributed by atoms with Crippen LogP contribution in [0.25, 0.3) is 0 Å². The lowest BCUT2D eigenvalue weighted by Gasteiger charge is -2.30. The molecule has 2 aromatic rings. The molecule has 1 aliphatic heterocycles. The molecule has 28 heavy (non-hydrogen) atoms. The van der Waals surface area contributed by atoms with Gasteiger partial charge in [0.25, 0.3) is 0 Å². The lowest BCUT2D eigenvalue weighted by atomic mass is 9.92. The van der Waals surface area contributed by atoms with Gasteiger partial charge in [0.05, 0.1) is 31.4 Å². The van der Waals surface area contributed by atoms with E-state index in [1.165, 1.54) is 0 Å². The van der Waals surface area contributed by atoms with Crippen LogP contribution in [0.1, 0.15) is 38.6 Å². The van der Waals surface area contributed by atoms with E-state index in [1.54, 1.807) is 25.0 Å². The zero-order valence-electron chi connectivity index (χ0n) is 16.7. The number of hydrogen-bond acceptors (Lipinski definition) is 6. The SMILES string of the molecule is CC(C)(C)CC(=O)NCC1OCC(N(Cc2cnc[nH]2)Cc2cnc[nH]2)C1O. The number of nitrogens with one attached hydrogen (secondary N) is 3. The van der Waals surface area contributed by atoms with Crippen LogP contribution >= 0.6 is 0 Å². The lowest BCUT2D eigenvalue weighted by Crippen LogP contribution is -2.46. The third-order valence-electron chi connectivity index (χ3n) is 4.77. The second kappa shape index (κ2) is 8.85. The van der Waals surface area contributed by atoms with Crippen molar-refractivity contribution in [3.63, 3.8) is 0 Å². The summed E-state index contributed by atoms with van der Waals surface area (Å²) >= 11 is 0. The van der Waals surface area contributed by atoms with E-state index >= 15 is 0 Å². The van der Waals surface area contributed by atoms with Gasteiger partial charge in [0.1, 0.15) is 6.10 Å². The Morgan fingerprint density at radius 3 is 2.36 bits per heavy atom. The highest BCUT2D eigenvalue weighted by Gasteiger charge is 2.39.